The van der Waals surface area contributed by atoms with Crippen LogP contribution in [0.2, 0.25) is 0 Å². The molecule has 0 saturated carbocycles. The predicted molar refractivity (Wildman–Crippen MR) is 81.3 cm³/mol. The van der Waals surface area contributed by atoms with Gasteiger partial charge in [-0.15, -0.1) is 0 Å². The van der Waals surface area contributed by atoms with E-state index < -0.39 is 11.6 Å². The molecule has 1 amide bonds. The van der Waals surface area contributed by atoms with Gasteiger partial charge in [-0.3, -0.25) is 0 Å². The van der Waals surface area contributed by atoms with Crippen molar-refractivity contribution in [2.45, 2.75) is 33.2 Å². The summed E-state index contributed by atoms with van der Waals surface area (Å²) in [6.45, 7) is 9.28. The van der Waals surface area contributed by atoms with Gasteiger partial charge in [0.25, 0.3) is 0 Å². The van der Waals surface area contributed by atoms with Crippen LogP contribution in [0.15, 0.2) is 18.3 Å². The average Bonchev–Trinajstić information content (AvgIpc) is 2.42. The van der Waals surface area contributed by atoms with E-state index in [-0.39, 0.29) is 0 Å². The number of carbonyl (C=O) groups is 1. The molecule has 0 radical (unpaired) electrons. The van der Waals surface area contributed by atoms with Crippen LogP contribution >= 0.6 is 0 Å². The van der Waals surface area contributed by atoms with E-state index in [0.717, 1.165) is 12.4 Å². The van der Waals surface area contributed by atoms with Crippen LogP contribution in [-0.2, 0) is 0 Å². The molecule has 6 nitrogen and oxygen atoms in total. The van der Waals surface area contributed by atoms with Gasteiger partial charge in [0.2, 0.25) is 0 Å². The zero-order valence-corrected chi connectivity index (χ0v) is 13.0. The molecule has 0 atom stereocenters. The molecular weight excluding hydrogens is 268 g/mol. The number of nitrogens with zero attached hydrogens (tertiary/aromatic N) is 4. The number of anilines is 1. The first-order valence-electron chi connectivity index (χ1n) is 6.91. The molecule has 0 aromatic carbocycles. The lowest BCUT2D eigenvalue weighted by Gasteiger charge is -2.35. The lowest BCUT2D eigenvalue weighted by atomic mass is 10.1. The summed E-state index contributed by atoms with van der Waals surface area (Å²) in [5, 5.41) is 18.1. The second-order valence-electron chi connectivity index (χ2n) is 5.70. The summed E-state index contributed by atoms with van der Waals surface area (Å²) in [5.41, 5.74) is 0.0697. The highest BCUT2D eigenvalue weighted by atomic mass is 16.4. The minimum absolute atomic E-state index is 0.397. The van der Waals surface area contributed by atoms with E-state index in [9.17, 15) is 9.90 Å². The smallest absolute Gasteiger partial charge is 0.407 e. The van der Waals surface area contributed by atoms with Crippen molar-refractivity contribution in [3.8, 4) is 6.07 Å². The van der Waals surface area contributed by atoms with Crippen LogP contribution in [0.1, 0.15) is 33.3 Å². The van der Waals surface area contributed by atoms with Crippen LogP contribution in [0.3, 0.4) is 0 Å². The number of hydrogen-bond acceptors (Lipinski definition) is 4. The van der Waals surface area contributed by atoms with Gasteiger partial charge >= 0.3 is 6.09 Å². The third-order valence-corrected chi connectivity index (χ3v) is 3.22. The standard InChI is InChI=1S/C15H22N4O2/c1-5-18(13-7-6-12(10-16)11-17-13)8-9-19(14(20)21)15(2,3)4/h6-7,11H,5,8-9H2,1-4H3,(H,20,21). The number of aromatic nitrogens is 1. The Balaban J connectivity index is 2.78. The van der Waals surface area contributed by atoms with E-state index >= 15 is 0 Å². The van der Waals surface area contributed by atoms with Gasteiger partial charge in [0.1, 0.15) is 11.9 Å². The molecule has 1 rings (SSSR count). The molecule has 0 aliphatic carbocycles. The third kappa shape index (κ3) is 4.63. The minimum atomic E-state index is -0.925. The van der Waals surface area contributed by atoms with Gasteiger partial charge in [0.05, 0.1) is 5.56 Å². The first kappa shape index (κ1) is 16.8. The Bertz CT molecular complexity index is 514. The normalized spacial score (nSPS) is 10.8. The van der Waals surface area contributed by atoms with E-state index in [2.05, 4.69) is 4.98 Å². The van der Waals surface area contributed by atoms with Crippen molar-refractivity contribution >= 4 is 11.9 Å². The molecule has 0 aliphatic rings. The average molecular weight is 290 g/mol. The number of hydrogen-bond donors (Lipinski definition) is 1. The fourth-order valence-electron chi connectivity index (χ4n) is 2.01. The molecule has 0 aliphatic heterocycles. The summed E-state index contributed by atoms with van der Waals surface area (Å²) < 4.78 is 0. The summed E-state index contributed by atoms with van der Waals surface area (Å²) in [6, 6.07) is 5.52. The summed E-state index contributed by atoms with van der Waals surface area (Å²) in [7, 11) is 0. The fraction of sp³-hybridized carbons (Fsp3) is 0.533. The molecule has 1 aromatic rings. The van der Waals surface area contributed by atoms with E-state index in [0.29, 0.717) is 18.7 Å². The zero-order valence-electron chi connectivity index (χ0n) is 13.0. The molecule has 0 bridgehead atoms. The molecule has 1 heterocycles. The Morgan fingerprint density at radius 3 is 2.43 bits per heavy atom. The van der Waals surface area contributed by atoms with Gasteiger partial charge in [-0.2, -0.15) is 5.26 Å². The maximum atomic E-state index is 11.3. The highest BCUT2D eigenvalue weighted by molar-refractivity contribution is 5.66. The fourth-order valence-corrected chi connectivity index (χ4v) is 2.01. The number of nitriles is 1. The lowest BCUT2D eigenvalue weighted by molar-refractivity contribution is 0.102. The number of rotatable bonds is 5. The summed E-state index contributed by atoms with van der Waals surface area (Å²) in [6.07, 6.45) is 0.600. The summed E-state index contributed by atoms with van der Waals surface area (Å²) in [5.74, 6) is 0.746. The topological polar surface area (TPSA) is 80.5 Å². The van der Waals surface area contributed by atoms with Crippen molar-refractivity contribution in [1.29, 1.82) is 5.26 Å². The maximum Gasteiger partial charge on any atom is 0.407 e. The molecule has 1 aromatic heterocycles. The molecule has 114 valence electrons. The molecule has 6 heteroatoms. The zero-order chi connectivity index (χ0) is 16.0. The van der Waals surface area contributed by atoms with E-state index in [4.69, 9.17) is 5.26 Å². The van der Waals surface area contributed by atoms with Gasteiger partial charge in [-0.1, -0.05) is 0 Å². The monoisotopic (exact) mass is 290 g/mol. The third-order valence-electron chi connectivity index (χ3n) is 3.22. The molecular formula is C15H22N4O2. The van der Waals surface area contributed by atoms with Crippen LogP contribution in [0, 0.1) is 11.3 Å². The van der Waals surface area contributed by atoms with Crippen molar-refractivity contribution in [3.05, 3.63) is 23.9 Å². The van der Waals surface area contributed by atoms with Crippen molar-refractivity contribution in [2.75, 3.05) is 24.5 Å². The second kappa shape index (κ2) is 6.93. The molecule has 0 saturated heterocycles. The molecule has 0 unspecified atom stereocenters. The summed E-state index contributed by atoms with van der Waals surface area (Å²) >= 11 is 0. The molecule has 0 spiro atoms. The second-order valence-corrected chi connectivity index (χ2v) is 5.70. The Morgan fingerprint density at radius 1 is 1.38 bits per heavy atom. The van der Waals surface area contributed by atoms with E-state index in [1.807, 2.05) is 38.7 Å². The number of carboxylic acid groups (broad SMARTS) is 1. The number of likely N-dealkylation sites (N-methyl/N-ethyl adjacent to an activating group) is 1. The van der Waals surface area contributed by atoms with Gasteiger partial charge < -0.3 is 14.9 Å². The maximum absolute atomic E-state index is 11.3. The Labute approximate surface area is 125 Å². The SMILES string of the molecule is CCN(CCN(C(=O)O)C(C)(C)C)c1ccc(C#N)cn1. The lowest BCUT2D eigenvalue weighted by Crippen LogP contribution is -2.48. The van der Waals surface area contributed by atoms with Gasteiger partial charge in [-0.05, 0) is 39.8 Å². The van der Waals surface area contributed by atoms with Crippen molar-refractivity contribution < 1.29 is 9.90 Å². The Kier molecular flexibility index (Phi) is 5.53. The van der Waals surface area contributed by atoms with Gasteiger partial charge in [0, 0.05) is 31.4 Å². The van der Waals surface area contributed by atoms with Crippen LogP contribution in [0.5, 0.6) is 0 Å². The van der Waals surface area contributed by atoms with Crippen molar-refractivity contribution in [2.24, 2.45) is 0 Å². The van der Waals surface area contributed by atoms with Crippen LogP contribution in [0.25, 0.3) is 0 Å². The van der Waals surface area contributed by atoms with Gasteiger partial charge in [-0.25, -0.2) is 9.78 Å². The highest BCUT2D eigenvalue weighted by Crippen LogP contribution is 2.15. The molecule has 1 N–H and O–H groups in total. The largest absolute Gasteiger partial charge is 0.465 e. The highest BCUT2D eigenvalue weighted by Gasteiger charge is 2.26. The van der Waals surface area contributed by atoms with Crippen molar-refractivity contribution in [1.82, 2.24) is 9.88 Å². The van der Waals surface area contributed by atoms with Gasteiger partial charge in [0.15, 0.2) is 0 Å². The minimum Gasteiger partial charge on any atom is -0.465 e. The molecule has 21 heavy (non-hydrogen) atoms. The van der Waals surface area contributed by atoms with Crippen LogP contribution in [0.4, 0.5) is 10.6 Å². The summed E-state index contributed by atoms with van der Waals surface area (Å²) in [4.78, 5) is 19.0. The van der Waals surface area contributed by atoms with Crippen molar-refractivity contribution in [3.63, 3.8) is 0 Å². The Morgan fingerprint density at radius 2 is 2.05 bits per heavy atom. The number of amides is 1. The van der Waals surface area contributed by atoms with Crippen LogP contribution < -0.4 is 4.90 Å². The predicted octanol–water partition coefficient (Wildman–Crippen LogP) is 2.56. The molecule has 0 fully saturated rings. The van der Waals surface area contributed by atoms with E-state index in [1.165, 1.54) is 11.1 Å². The first-order valence-corrected chi connectivity index (χ1v) is 6.91. The quantitative estimate of drug-likeness (QED) is 0.901. The van der Waals surface area contributed by atoms with E-state index in [1.54, 1.807) is 12.1 Å². The first-order chi connectivity index (χ1) is 9.79. The number of pyridine rings is 1. The Hall–Kier alpha value is -2.29. The van der Waals surface area contributed by atoms with Crippen LogP contribution in [-0.4, -0.2) is 46.3 Å².